The van der Waals surface area contributed by atoms with E-state index in [1.165, 1.54) is 9.80 Å². The van der Waals surface area contributed by atoms with E-state index in [2.05, 4.69) is 5.32 Å². The minimum atomic E-state index is -0.822. The quantitative estimate of drug-likeness (QED) is 0.403. The Hall–Kier alpha value is -4.66. The third kappa shape index (κ3) is 5.93. The van der Waals surface area contributed by atoms with E-state index in [0.717, 1.165) is 11.3 Å². The van der Waals surface area contributed by atoms with Crippen molar-refractivity contribution in [3.05, 3.63) is 83.9 Å². The van der Waals surface area contributed by atoms with E-state index < -0.39 is 23.6 Å². The molecule has 0 spiro atoms. The molecule has 0 aliphatic carbocycles. The van der Waals surface area contributed by atoms with Gasteiger partial charge in [0.1, 0.15) is 18.3 Å². The molecule has 1 aliphatic rings. The number of anilines is 3. The summed E-state index contributed by atoms with van der Waals surface area (Å²) in [5.74, 6) is -1.53. The number of rotatable bonds is 10. The average molecular weight is 529 g/mol. The van der Waals surface area contributed by atoms with E-state index in [4.69, 9.17) is 4.74 Å². The molecule has 1 atom stereocenters. The molecule has 0 radical (unpaired) electrons. The fraction of sp³-hybridized carbons (Fsp3) is 0.267. The minimum absolute atomic E-state index is 0.131. The molecule has 3 aromatic rings. The Morgan fingerprint density at radius 2 is 1.62 bits per heavy atom. The number of methoxy groups -OCH3 is 1. The van der Waals surface area contributed by atoms with Gasteiger partial charge in [-0.25, -0.2) is 0 Å². The number of nitrogens with zero attached hydrogens (tertiary/aromatic N) is 3. The zero-order valence-corrected chi connectivity index (χ0v) is 22.5. The Morgan fingerprint density at radius 1 is 0.949 bits per heavy atom. The van der Waals surface area contributed by atoms with Crippen molar-refractivity contribution < 1.29 is 23.9 Å². The van der Waals surface area contributed by atoms with Crippen molar-refractivity contribution in [3.8, 4) is 5.75 Å². The second kappa shape index (κ2) is 11.8. The summed E-state index contributed by atoms with van der Waals surface area (Å²) in [4.78, 5) is 57.1. The summed E-state index contributed by atoms with van der Waals surface area (Å²) in [5.41, 5.74) is 3.04. The summed E-state index contributed by atoms with van der Waals surface area (Å²) in [7, 11) is 5.43. The Labute approximate surface area is 228 Å². The molecule has 0 saturated carbocycles. The van der Waals surface area contributed by atoms with Gasteiger partial charge in [0.25, 0.3) is 11.7 Å². The molecule has 0 fully saturated rings. The summed E-state index contributed by atoms with van der Waals surface area (Å²) in [6.07, 6.45) is 0.340. The molecule has 1 aliphatic heterocycles. The van der Waals surface area contributed by atoms with E-state index in [9.17, 15) is 19.2 Å². The number of hydrogen-bond donors (Lipinski definition) is 1. The van der Waals surface area contributed by atoms with Crippen molar-refractivity contribution in [2.75, 3.05) is 42.9 Å². The van der Waals surface area contributed by atoms with Crippen molar-refractivity contribution in [2.45, 2.75) is 25.9 Å². The van der Waals surface area contributed by atoms with Crippen LogP contribution in [-0.2, 0) is 20.9 Å². The molecular formula is C30H32N4O5. The molecule has 3 amide bonds. The number of ketones is 1. The number of amides is 3. The molecule has 1 N–H and O–H groups in total. The van der Waals surface area contributed by atoms with Gasteiger partial charge >= 0.3 is 0 Å². The van der Waals surface area contributed by atoms with Crippen LogP contribution in [0.2, 0.25) is 0 Å². The fourth-order valence-corrected chi connectivity index (χ4v) is 4.55. The lowest BCUT2D eigenvalue weighted by atomic mass is 10.1. The van der Waals surface area contributed by atoms with Crippen LogP contribution >= 0.6 is 0 Å². The maximum Gasteiger partial charge on any atom is 0.299 e. The highest BCUT2D eigenvalue weighted by atomic mass is 16.5. The zero-order chi connectivity index (χ0) is 28.1. The van der Waals surface area contributed by atoms with Crippen molar-refractivity contribution in [1.82, 2.24) is 4.90 Å². The molecule has 4 rings (SSSR count). The van der Waals surface area contributed by atoms with Crippen LogP contribution in [0.15, 0.2) is 72.8 Å². The predicted molar refractivity (Wildman–Crippen MR) is 150 cm³/mol. The lowest BCUT2D eigenvalue weighted by Gasteiger charge is -2.32. The monoisotopic (exact) mass is 528 g/mol. The summed E-state index contributed by atoms with van der Waals surface area (Å²) < 4.78 is 5.24. The number of ether oxygens (including phenoxy) is 1. The number of para-hydroxylation sites is 1. The summed E-state index contributed by atoms with van der Waals surface area (Å²) >= 11 is 0. The summed E-state index contributed by atoms with van der Waals surface area (Å²) in [5, 5.41) is 2.92. The maximum absolute atomic E-state index is 13.8. The summed E-state index contributed by atoms with van der Waals surface area (Å²) in [6, 6.07) is 20.4. The lowest BCUT2D eigenvalue weighted by molar-refractivity contribution is -0.138. The molecule has 39 heavy (non-hydrogen) atoms. The minimum Gasteiger partial charge on any atom is -0.497 e. The SMILES string of the molecule is CCC(C(=O)Nc1ccc(N(C)C)cc1)N(Cc1ccc(OC)cc1)C(=O)CN1C(=O)C(=O)c2ccccc21. The molecule has 1 unspecified atom stereocenters. The topological polar surface area (TPSA) is 99.3 Å². The van der Waals surface area contributed by atoms with Gasteiger partial charge in [0.2, 0.25) is 11.8 Å². The summed E-state index contributed by atoms with van der Waals surface area (Å²) in [6.45, 7) is 1.60. The normalized spacial score (nSPS) is 13.1. The van der Waals surface area contributed by atoms with Gasteiger partial charge in [-0.2, -0.15) is 0 Å². The molecule has 1 heterocycles. The van der Waals surface area contributed by atoms with Gasteiger partial charge in [-0.15, -0.1) is 0 Å². The van der Waals surface area contributed by atoms with Gasteiger partial charge in [-0.05, 0) is 60.5 Å². The number of hydrogen-bond acceptors (Lipinski definition) is 6. The van der Waals surface area contributed by atoms with Crippen LogP contribution in [0.3, 0.4) is 0 Å². The Bertz CT molecular complexity index is 1370. The van der Waals surface area contributed by atoms with Crippen molar-refractivity contribution in [2.24, 2.45) is 0 Å². The van der Waals surface area contributed by atoms with E-state index in [1.54, 1.807) is 55.6 Å². The standard InChI is InChI=1S/C30H32N4O5/c1-5-25(29(37)31-21-12-14-22(15-13-21)32(2)3)33(18-20-10-16-23(39-4)17-11-20)27(35)19-34-26-9-7-6-8-24(26)28(36)30(34)38/h6-17,25H,5,18-19H2,1-4H3,(H,31,37). The highest BCUT2D eigenvalue weighted by molar-refractivity contribution is 6.52. The number of nitrogens with one attached hydrogen (secondary N) is 1. The number of fused-ring (bicyclic) bond motifs is 1. The van der Waals surface area contributed by atoms with Crippen molar-refractivity contribution >= 4 is 40.6 Å². The first kappa shape index (κ1) is 27.4. The second-order valence-electron chi connectivity index (χ2n) is 9.46. The van der Waals surface area contributed by atoms with Gasteiger partial charge in [0.15, 0.2) is 0 Å². The predicted octanol–water partition coefficient (Wildman–Crippen LogP) is 3.74. The highest BCUT2D eigenvalue weighted by Gasteiger charge is 2.38. The van der Waals surface area contributed by atoms with Gasteiger partial charge in [0, 0.05) is 32.0 Å². The number of carbonyl (C=O) groups is 4. The van der Waals surface area contributed by atoms with Crippen LogP contribution < -0.4 is 19.9 Å². The van der Waals surface area contributed by atoms with Crippen LogP contribution in [0.5, 0.6) is 5.75 Å². The Kier molecular flexibility index (Phi) is 8.29. The van der Waals surface area contributed by atoms with Crippen molar-refractivity contribution in [3.63, 3.8) is 0 Å². The number of carbonyl (C=O) groups excluding carboxylic acids is 4. The molecule has 9 heteroatoms. The zero-order valence-electron chi connectivity index (χ0n) is 22.5. The van der Waals surface area contributed by atoms with E-state index >= 15 is 0 Å². The van der Waals surface area contributed by atoms with E-state index in [1.807, 2.05) is 50.2 Å². The van der Waals surface area contributed by atoms with Crippen LogP contribution in [0.1, 0.15) is 29.3 Å². The van der Waals surface area contributed by atoms with E-state index in [0.29, 0.717) is 23.5 Å². The number of benzene rings is 3. The van der Waals surface area contributed by atoms with Crippen LogP contribution in [-0.4, -0.2) is 62.2 Å². The molecule has 9 nitrogen and oxygen atoms in total. The first-order valence-corrected chi connectivity index (χ1v) is 12.7. The smallest absolute Gasteiger partial charge is 0.299 e. The molecule has 202 valence electrons. The fourth-order valence-electron chi connectivity index (χ4n) is 4.55. The Morgan fingerprint density at radius 3 is 2.23 bits per heavy atom. The third-order valence-electron chi connectivity index (χ3n) is 6.72. The van der Waals surface area contributed by atoms with Gasteiger partial charge in [-0.3, -0.25) is 24.1 Å². The van der Waals surface area contributed by atoms with Gasteiger partial charge in [-0.1, -0.05) is 31.2 Å². The van der Waals surface area contributed by atoms with Gasteiger partial charge < -0.3 is 19.9 Å². The second-order valence-corrected chi connectivity index (χ2v) is 9.46. The van der Waals surface area contributed by atoms with Crippen molar-refractivity contribution in [1.29, 1.82) is 0 Å². The first-order valence-electron chi connectivity index (χ1n) is 12.7. The lowest BCUT2D eigenvalue weighted by Crippen LogP contribution is -2.50. The molecule has 3 aromatic carbocycles. The molecule has 0 aromatic heterocycles. The Balaban J connectivity index is 1.60. The molecule has 0 saturated heterocycles. The molecular weight excluding hydrogens is 496 g/mol. The van der Waals surface area contributed by atoms with Crippen LogP contribution in [0.25, 0.3) is 0 Å². The largest absolute Gasteiger partial charge is 0.497 e. The van der Waals surface area contributed by atoms with Crippen LogP contribution in [0.4, 0.5) is 17.1 Å². The van der Waals surface area contributed by atoms with E-state index in [-0.39, 0.29) is 24.6 Å². The highest BCUT2D eigenvalue weighted by Crippen LogP contribution is 2.29. The maximum atomic E-state index is 13.8. The van der Waals surface area contributed by atoms with Crippen LogP contribution in [0, 0.1) is 0 Å². The number of Topliss-reactive ketones (excluding diaryl/α,β-unsaturated/α-hetero) is 1. The molecule has 0 bridgehead atoms. The average Bonchev–Trinajstić information content (AvgIpc) is 3.18. The van der Waals surface area contributed by atoms with Gasteiger partial charge in [0.05, 0.1) is 18.4 Å². The third-order valence-corrected chi connectivity index (χ3v) is 6.72. The first-order chi connectivity index (χ1) is 18.7.